The van der Waals surface area contributed by atoms with Crippen LogP contribution in [-0.2, 0) is 30.4 Å². The Kier molecular flexibility index (Phi) is 11.8. The number of hydrogen-bond donors (Lipinski definition) is 6. The Balaban J connectivity index is 1.41. The Bertz CT molecular complexity index is 1460. The number of fused-ring (bicyclic) bond motifs is 1. The van der Waals surface area contributed by atoms with Gasteiger partial charge in [0.15, 0.2) is 16.9 Å². The molecule has 0 radical (unpaired) electrons. The summed E-state index contributed by atoms with van der Waals surface area (Å²) in [5.74, 6) is -2.40. The predicted octanol–water partition coefficient (Wildman–Crippen LogP) is -0.391. The minimum atomic E-state index is -1.27. The topological polar surface area (TPSA) is 241 Å². The molecule has 7 N–H and O–H groups in total. The number of amides is 2. The van der Waals surface area contributed by atoms with Gasteiger partial charge in [0.05, 0.1) is 38.3 Å². The molecule has 0 spiro atoms. The van der Waals surface area contributed by atoms with Crippen molar-refractivity contribution in [3.8, 4) is 0 Å². The Hall–Kier alpha value is -4.96. The lowest BCUT2D eigenvalue weighted by Crippen LogP contribution is -2.41. The van der Waals surface area contributed by atoms with Gasteiger partial charge in [-0.25, -0.2) is 14.8 Å². The minimum Gasteiger partial charge on any atom is -0.480 e. The van der Waals surface area contributed by atoms with E-state index in [0.717, 1.165) is 0 Å². The zero-order chi connectivity index (χ0) is 30.5. The predicted molar refractivity (Wildman–Crippen MR) is 150 cm³/mol. The molecule has 42 heavy (non-hydrogen) atoms. The number of anilines is 2. The first kappa shape index (κ1) is 31.6. The highest BCUT2D eigenvalue weighted by molar-refractivity contribution is 5.97. The molecule has 1 atom stereocenters. The number of aliphatic carboxylic acids is 1. The summed E-state index contributed by atoms with van der Waals surface area (Å²) in [5.41, 5.74) is 6.52. The average Bonchev–Trinajstić information content (AvgIpc) is 2.95. The van der Waals surface area contributed by atoms with E-state index in [1.54, 1.807) is 12.1 Å². The van der Waals surface area contributed by atoms with Gasteiger partial charge >= 0.3 is 5.97 Å². The highest BCUT2D eigenvalue weighted by Gasteiger charge is 2.21. The van der Waals surface area contributed by atoms with Crippen molar-refractivity contribution in [1.82, 2.24) is 30.6 Å². The highest BCUT2D eigenvalue weighted by atomic mass is 16.5. The lowest BCUT2D eigenvalue weighted by atomic mass is 10.1. The number of hydrogen-bond acceptors (Lipinski definition) is 12. The van der Waals surface area contributed by atoms with Gasteiger partial charge < -0.3 is 36.3 Å². The number of aromatic amines is 1. The highest BCUT2D eigenvalue weighted by Crippen LogP contribution is 2.12. The number of nitrogens with zero attached hydrogens (tertiary/aromatic N) is 3. The number of nitrogens with one attached hydrogen (secondary N) is 4. The number of ketones is 1. The van der Waals surface area contributed by atoms with Crippen molar-refractivity contribution in [2.45, 2.75) is 32.4 Å². The van der Waals surface area contributed by atoms with Crippen LogP contribution < -0.4 is 27.2 Å². The standard InChI is InChI=1S/C26H32N8O8/c1-15(35)14-42-11-10-41-9-8-28-20(36)7-6-19(25(39)40)32-23(37)16-2-4-17(5-3-16)29-12-18-13-30-22-21(31-18)24(38)34-26(27)33-22/h2-5,13,19,29H,6-12,14H2,1H3,(H,28,36)(H,32,37)(H,39,40)(H3,27,30,33,34,38). The SMILES string of the molecule is CC(=O)COCCOCCNC(=O)CCC(NC(=O)c1ccc(NCc2cnc3nc(N)[nH]c(=O)c3n2)cc1)C(=O)O. The van der Waals surface area contributed by atoms with Crippen LogP contribution in [0, 0.1) is 0 Å². The number of Topliss-reactive ketones (excluding diaryl/α,β-unsaturated/α-hetero) is 1. The molecule has 16 heteroatoms. The number of carboxylic acid groups (broad SMARTS) is 1. The molecule has 0 aliphatic rings. The summed E-state index contributed by atoms with van der Waals surface area (Å²) in [7, 11) is 0. The van der Waals surface area contributed by atoms with Gasteiger partial charge in [0.2, 0.25) is 11.9 Å². The van der Waals surface area contributed by atoms with Gasteiger partial charge in [-0.1, -0.05) is 0 Å². The second-order valence-corrected chi connectivity index (χ2v) is 9.04. The van der Waals surface area contributed by atoms with Gasteiger partial charge in [0.25, 0.3) is 11.5 Å². The molecule has 2 aromatic heterocycles. The van der Waals surface area contributed by atoms with Crippen LogP contribution in [0.25, 0.3) is 11.2 Å². The van der Waals surface area contributed by atoms with E-state index in [1.807, 2.05) is 0 Å². The van der Waals surface area contributed by atoms with E-state index in [2.05, 4.69) is 35.9 Å². The molecule has 0 fully saturated rings. The van der Waals surface area contributed by atoms with Gasteiger partial charge in [-0.05, 0) is 37.6 Å². The van der Waals surface area contributed by atoms with Crippen LogP contribution in [0.4, 0.5) is 11.6 Å². The molecule has 0 aliphatic heterocycles. The molecule has 3 aromatic rings. The van der Waals surface area contributed by atoms with E-state index in [9.17, 15) is 29.1 Å². The Morgan fingerprint density at radius 3 is 2.52 bits per heavy atom. The molecule has 2 amide bonds. The van der Waals surface area contributed by atoms with Crippen LogP contribution in [0.3, 0.4) is 0 Å². The maximum Gasteiger partial charge on any atom is 0.326 e. The maximum absolute atomic E-state index is 12.6. The molecule has 0 aliphatic carbocycles. The fraction of sp³-hybridized carbons (Fsp3) is 0.385. The number of ether oxygens (including phenoxy) is 2. The van der Waals surface area contributed by atoms with Crippen LogP contribution in [-0.4, -0.2) is 87.6 Å². The van der Waals surface area contributed by atoms with Crippen molar-refractivity contribution in [2.24, 2.45) is 0 Å². The smallest absolute Gasteiger partial charge is 0.326 e. The van der Waals surface area contributed by atoms with Gasteiger partial charge in [0, 0.05) is 24.2 Å². The average molecular weight is 585 g/mol. The number of nitrogen functional groups attached to an aromatic ring is 1. The van der Waals surface area contributed by atoms with Crippen molar-refractivity contribution >= 4 is 46.4 Å². The molecule has 0 saturated carbocycles. The summed E-state index contributed by atoms with van der Waals surface area (Å²) in [6, 6.07) is 5.00. The third-order valence-corrected chi connectivity index (χ3v) is 5.62. The number of carbonyl (C=O) groups is 4. The second kappa shape index (κ2) is 15.7. The molecule has 0 bridgehead atoms. The fourth-order valence-electron chi connectivity index (χ4n) is 3.55. The summed E-state index contributed by atoms with van der Waals surface area (Å²) in [5, 5.41) is 17.6. The molecule has 1 unspecified atom stereocenters. The van der Waals surface area contributed by atoms with Crippen molar-refractivity contribution in [3.63, 3.8) is 0 Å². The summed E-state index contributed by atoms with van der Waals surface area (Å²) in [4.78, 5) is 73.7. The summed E-state index contributed by atoms with van der Waals surface area (Å²) in [6.07, 6.45) is 1.23. The number of rotatable bonds is 17. The first-order valence-corrected chi connectivity index (χ1v) is 12.9. The number of nitrogens with two attached hydrogens (primary N) is 1. The number of benzene rings is 1. The van der Waals surface area contributed by atoms with Gasteiger partial charge in [-0.3, -0.25) is 24.2 Å². The molecule has 2 heterocycles. The van der Waals surface area contributed by atoms with Crippen molar-refractivity contribution < 1.29 is 33.8 Å². The molecule has 0 saturated heterocycles. The monoisotopic (exact) mass is 584 g/mol. The number of aromatic nitrogens is 4. The zero-order valence-electron chi connectivity index (χ0n) is 22.8. The number of carboxylic acids is 1. The molecule has 1 aromatic carbocycles. The van der Waals surface area contributed by atoms with E-state index in [0.29, 0.717) is 11.4 Å². The summed E-state index contributed by atoms with van der Waals surface area (Å²) in [6.45, 7) is 2.63. The van der Waals surface area contributed by atoms with Gasteiger partial charge in [-0.15, -0.1) is 0 Å². The molecular formula is C26H32N8O8. The third kappa shape index (κ3) is 10.2. The van der Waals surface area contributed by atoms with Crippen LogP contribution in [0.5, 0.6) is 0 Å². The number of H-pyrrole nitrogens is 1. The molecule has 224 valence electrons. The first-order valence-electron chi connectivity index (χ1n) is 12.9. The van der Waals surface area contributed by atoms with Crippen molar-refractivity contribution in [3.05, 3.63) is 52.1 Å². The third-order valence-electron chi connectivity index (χ3n) is 5.62. The number of carbonyl (C=O) groups excluding carboxylic acids is 3. The normalized spacial score (nSPS) is 11.5. The van der Waals surface area contributed by atoms with Crippen molar-refractivity contribution in [2.75, 3.05) is 44.0 Å². The van der Waals surface area contributed by atoms with Crippen LogP contribution >= 0.6 is 0 Å². The Labute approximate surface area is 239 Å². The van der Waals surface area contributed by atoms with Gasteiger partial charge in [-0.2, -0.15) is 4.98 Å². The second-order valence-electron chi connectivity index (χ2n) is 9.04. The first-order chi connectivity index (χ1) is 20.1. The van der Waals surface area contributed by atoms with E-state index in [1.165, 1.54) is 25.3 Å². The van der Waals surface area contributed by atoms with E-state index >= 15 is 0 Å². The lowest BCUT2D eigenvalue weighted by molar-refractivity contribution is -0.139. The van der Waals surface area contributed by atoms with Gasteiger partial charge in [0.1, 0.15) is 12.6 Å². The zero-order valence-corrected chi connectivity index (χ0v) is 22.8. The van der Waals surface area contributed by atoms with E-state index < -0.39 is 23.5 Å². The quantitative estimate of drug-likeness (QED) is 0.111. The Morgan fingerprint density at radius 1 is 1.07 bits per heavy atom. The van der Waals surface area contributed by atoms with Crippen LogP contribution in [0.2, 0.25) is 0 Å². The molecule has 16 nitrogen and oxygen atoms in total. The summed E-state index contributed by atoms with van der Waals surface area (Å²) >= 11 is 0. The Morgan fingerprint density at radius 2 is 1.81 bits per heavy atom. The van der Waals surface area contributed by atoms with Crippen molar-refractivity contribution in [1.29, 1.82) is 0 Å². The van der Waals surface area contributed by atoms with Crippen LogP contribution in [0.1, 0.15) is 35.8 Å². The maximum atomic E-state index is 12.6. The van der Waals surface area contributed by atoms with E-state index in [4.69, 9.17) is 15.2 Å². The molecular weight excluding hydrogens is 552 g/mol. The van der Waals surface area contributed by atoms with E-state index in [-0.39, 0.29) is 86.7 Å². The van der Waals surface area contributed by atoms with Crippen LogP contribution in [0.15, 0.2) is 35.3 Å². The molecule has 3 rings (SSSR count). The summed E-state index contributed by atoms with van der Waals surface area (Å²) < 4.78 is 10.3. The minimum absolute atomic E-state index is 0.0208. The fourth-order valence-corrected chi connectivity index (χ4v) is 3.55. The largest absolute Gasteiger partial charge is 0.480 e. The lowest BCUT2D eigenvalue weighted by Gasteiger charge is -2.15.